The van der Waals surface area contributed by atoms with Crippen molar-refractivity contribution in [2.24, 2.45) is 17.3 Å². The zero-order valence-electron chi connectivity index (χ0n) is 12.4. The molecule has 1 aromatic rings. The highest BCUT2D eigenvalue weighted by Crippen LogP contribution is 2.41. The first kappa shape index (κ1) is 14.8. The van der Waals surface area contributed by atoms with Crippen molar-refractivity contribution < 1.29 is 0 Å². The van der Waals surface area contributed by atoms with Crippen molar-refractivity contribution in [3.05, 3.63) is 30.1 Å². The van der Waals surface area contributed by atoms with Gasteiger partial charge >= 0.3 is 0 Å². The van der Waals surface area contributed by atoms with E-state index in [4.69, 9.17) is 11.6 Å². The fourth-order valence-corrected chi connectivity index (χ4v) is 3.64. The van der Waals surface area contributed by atoms with Crippen molar-refractivity contribution >= 4 is 11.6 Å². The standard InChI is InChI=1S/C17H26ClN/c1-17(2,3)14-9-7-13(8-10-14)16(18)12-15-6-4-5-11-19-15/h4-6,11,13-14,16H,7-10,12H2,1-3H3. The molecule has 0 aliphatic heterocycles. The Labute approximate surface area is 122 Å². The number of nitrogens with zero attached hydrogens (tertiary/aromatic N) is 1. The predicted octanol–water partition coefficient (Wildman–Crippen LogP) is 5.08. The van der Waals surface area contributed by atoms with Crippen LogP contribution in [-0.4, -0.2) is 10.4 Å². The summed E-state index contributed by atoms with van der Waals surface area (Å²) in [4.78, 5) is 4.38. The van der Waals surface area contributed by atoms with Gasteiger partial charge in [-0.15, -0.1) is 11.6 Å². The van der Waals surface area contributed by atoms with Crippen LogP contribution < -0.4 is 0 Å². The molecule has 0 amide bonds. The molecule has 106 valence electrons. The molecule has 1 fully saturated rings. The van der Waals surface area contributed by atoms with Crippen molar-refractivity contribution in [3.63, 3.8) is 0 Å². The number of pyridine rings is 1. The Bertz CT molecular complexity index is 374. The second kappa shape index (κ2) is 6.26. The van der Waals surface area contributed by atoms with Crippen LogP contribution in [0, 0.1) is 17.3 Å². The third-order valence-corrected chi connectivity index (χ3v) is 5.15. The highest BCUT2D eigenvalue weighted by Gasteiger charge is 2.32. The van der Waals surface area contributed by atoms with Gasteiger partial charge in [-0.2, -0.15) is 0 Å². The van der Waals surface area contributed by atoms with Crippen molar-refractivity contribution in [2.45, 2.75) is 58.3 Å². The van der Waals surface area contributed by atoms with Gasteiger partial charge in [0, 0.05) is 23.7 Å². The number of hydrogen-bond donors (Lipinski definition) is 0. The molecule has 1 saturated carbocycles. The minimum atomic E-state index is 0.246. The van der Waals surface area contributed by atoms with Crippen molar-refractivity contribution in [3.8, 4) is 0 Å². The molecule has 0 aromatic carbocycles. The Morgan fingerprint density at radius 3 is 2.42 bits per heavy atom. The maximum absolute atomic E-state index is 6.62. The molecule has 1 aliphatic carbocycles. The van der Waals surface area contributed by atoms with Crippen LogP contribution in [0.3, 0.4) is 0 Å². The summed E-state index contributed by atoms with van der Waals surface area (Å²) in [5, 5.41) is 0.246. The molecule has 1 nitrogen and oxygen atoms in total. The highest BCUT2D eigenvalue weighted by molar-refractivity contribution is 6.20. The van der Waals surface area contributed by atoms with E-state index in [1.807, 2.05) is 18.3 Å². The van der Waals surface area contributed by atoms with E-state index in [9.17, 15) is 0 Å². The second-order valence-electron chi connectivity index (χ2n) is 7.02. The number of aromatic nitrogens is 1. The van der Waals surface area contributed by atoms with Gasteiger partial charge < -0.3 is 0 Å². The lowest BCUT2D eigenvalue weighted by Gasteiger charge is -2.38. The third kappa shape index (κ3) is 4.21. The van der Waals surface area contributed by atoms with Crippen molar-refractivity contribution in [1.82, 2.24) is 4.98 Å². The van der Waals surface area contributed by atoms with Gasteiger partial charge in [-0.05, 0) is 55.1 Å². The first-order valence-corrected chi connectivity index (χ1v) is 7.94. The summed E-state index contributed by atoms with van der Waals surface area (Å²) in [5.74, 6) is 1.53. The molecule has 1 aromatic heterocycles. The quantitative estimate of drug-likeness (QED) is 0.703. The van der Waals surface area contributed by atoms with E-state index in [0.29, 0.717) is 11.3 Å². The molecular formula is C17H26ClN. The average molecular weight is 280 g/mol. The van der Waals surface area contributed by atoms with Crippen LogP contribution >= 0.6 is 11.6 Å². The van der Waals surface area contributed by atoms with Crippen LogP contribution in [0.1, 0.15) is 52.1 Å². The SMILES string of the molecule is CC(C)(C)C1CCC(C(Cl)Cc2ccccn2)CC1. The Morgan fingerprint density at radius 2 is 1.89 bits per heavy atom. The summed E-state index contributed by atoms with van der Waals surface area (Å²) in [6.45, 7) is 7.10. The second-order valence-corrected chi connectivity index (χ2v) is 7.58. The summed E-state index contributed by atoms with van der Waals surface area (Å²) >= 11 is 6.62. The van der Waals surface area contributed by atoms with Crippen LogP contribution in [0.4, 0.5) is 0 Å². The highest BCUT2D eigenvalue weighted by atomic mass is 35.5. The zero-order chi connectivity index (χ0) is 13.9. The summed E-state index contributed by atoms with van der Waals surface area (Å²) in [5.41, 5.74) is 1.58. The number of rotatable bonds is 3. The summed E-state index contributed by atoms with van der Waals surface area (Å²) < 4.78 is 0. The Kier molecular flexibility index (Phi) is 4.89. The maximum atomic E-state index is 6.62. The summed E-state index contributed by atoms with van der Waals surface area (Å²) in [6.07, 6.45) is 7.99. The molecule has 0 N–H and O–H groups in total. The monoisotopic (exact) mass is 279 g/mol. The topological polar surface area (TPSA) is 12.9 Å². The molecule has 0 radical (unpaired) electrons. The Morgan fingerprint density at radius 1 is 1.21 bits per heavy atom. The van der Waals surface area contributed by atoms with Gasteiger partial charge in [0.1, 0.15) is 0 Å². The van der Waals surface area contributed by atoms with Crippen molar-refractivity contribution in [2.75, 3.05) is 0 Å². The molecular weight excluding hydrogens is 254 g/mol. The third-order valence-electron chi connectivity index (χ3n) is 4.64. The van der Waals surface area contributed by atoms with Gasteiger partial charge in [0.25, 0.3) is 0 Å². The van der Waals surface area contributed by atoms with Gasteiger partial charge in [-0.3, -0.25) is 4.98 Å². The van der Waals surface area contributed by atoms with Crippen LogP contribution in [-0.2, 0) is 6.42 Å². The molecule has 0 spiro atoms. The lowest BCUT2D eigenvalue weighted by Crippen LogP contribution is -2.29. The number of hydrogen-bond acceptors (Lipinski definition) is 1. The fourth-order valence-electron chi connectivity index (χ4n) is 3.23. The predicted molar refractivity (Wildman–Crippen MR) is 82.5 cm³/mol. The smallest absolute Gasteiger partial charge is 0.0419 e. The van der Waals surface area contributed by atoms with Crippen LogP contribution in [0.15, 0.2) is 24.4 Å². The van der Waals surface area contributed by atoms with E-state index in [1.165, 1.54) is 25.7 Å². The van der Waals surface area contributed by atoms with E-state index in [0.717, 1.165) is 18.0 Å². The minimum Gasteiger partial charge on any atom is -0.261 e. The Balaban J connectivity index is 1.84. The lowest BCUT2D eigenvalue weighted by molar-refractivity contribution is 0.148. The molecule has 1 unspecified atom stereocenters. The van der Waals surface area contributed by atoms with Crippen LogP contribution in [0.25, 0.3) is 0 Å². The van der Waals surface area contributed by atoms with E-state index in [2.05, 4.69) is 31.8 Å². The number of halogens is 1. The minimum absolute atomic E-state index is 0.246. The van der Waals surface area contributed by atoms with Crippen LogP contribution in [0.5, 0.6) is 0 Å². The first-order valence-electron chi connectivity index (χ1n) is 7.51. The Hall–Kier alpha value is -0.560. The summed E-state index contributed by atoms with van der Waals surface area (Å²) in [6, 6.07) is 6.08. The largest absolute Gasteiger partial charge is 0.261 e. The molecule has 1 heterocycles. The van der Waals surface area contributed by atoms with Gasteiger partial charge in [-0.1, -0.05) is 26.8 Å². The number of alkyl halides is 1. The molecule has 0 bridgehead atoms. The fraction of sp³-hybridized carbons (Fsp3) is 0.706. The normalized spacial score (nSPS) is 26.1. The van der Waals surface area contributed by atoms with E-state index in [1.54, 1.807) is 0 Å². The van der Waals surface area contributed by atoms with Crippen LogP contribution in [0.2, 0.25) is 0 Å². The van der Waals surface area contributed by atoms with E-state index >= 15 is 0 Å². The zero-order valence-corrected chi connectivity index (χ0v) is 13.2. The average Bonchev–Trinajstić information content (AvgIpc) is 2.39. The van der Waals surface area contributed by atoms with Gasteiger partial charge in [0.05, 0.1) is 0 Å². The van der Waals surface area contributed by atoms with E-state index in [-0.39, 0.29) is 5.38 Å². The molecule has 1 aliphatic rings. The lowest BCUT2D eigenvalue weighted by atomic mass is 9.69. The molecule has 0 saturated heterocycles. The van der Waals surface area contributed by atoms with Crippen molar-refractivity contribution in [1.29, 1.82) is 0 Å². The molecule has 2 heteroatoms. The first-order chi connectivity index (χ1) is 8.97. The van der Waals surface area contributed by atoms with Gasteiger partial charge in [0.2, 0.25) is 0 Å². The van der Waals surface area contributed by atoms with Gasteiger partial charge in [0.15, 0.2) is 0 Å². The van der Waals surface area contributed by atoms with Gasteiger partial charge in [-0.25, -0.2) is 0 Å². The molecule has 1 atom stereocenters. The molecule has 2 rings (SSSR count). The summed E-state index contributed by atoms with van der Waals surface area (Å²) in [7, 11) is 0. The molecule has 19 heavy (non-hydrogen) atoms. The maximum Gasteiger partial charge on any atom is 0.0419 e. The van der Waals surface area contributed by atoms with E-state index < -0.39 is 0 Å².